The van der Waals surface area contributed by atoms with Crippen LogP contribution in [0.5, 0.6) is 0 Å². The Labute approximate surface area is 108 Å². The molecule has 2 rings (SSSR count). The second-order valence-corrected chi connectivity index (χ2v) is 4.86. The first-order valence-electron chi connectivity index (χ1n) is 4.42. The molecule has 0 bridgehead atoms. The molecule has 0 spiro atoms. The van der Waals surface area contributed by atoms with Gasteiger partial charge in [-0.2, -0.15) is 0 Å². The van der Waals surface area contributed by atoms with Crippen molar-refractivity contribution in [3.05, 3.63) is 34.1 Å². The number of carbonyl (C=O) groups is 1. The van der Waals surface area contributed by atoms with Crippen LogP contribution < -0.4 is 11.1 Å². The predicted octanol–water partition coefficient (Wildman–Crippen LogP) is 2.27. The van der Waals surface area contributed by atoms with E-state index < -0.39 is 11.7 Å². The quantitative estimate of drug-likeness (QED) is 0.890. The normalized spacial score (nSPS) is 10.2. The first kappa shape index (κ1) is 11.9. The van der Waals surface area contributed by atoms with Gasteiger partial charge in [0, 0.05) is 0 Å². The molecular formula is C9H6BrFN4OS. The summed E-state index contributed by atoms with van der Waals surface area (Å²) in [5.41, 5.74) is 5.28. The van der Waals surface area contributed by atoms with Crippen LogP contribution in [0, 0.1) is 5.82 Å². The molecule has 5 nitrogen and oxygen atoms in total. The zero-order chi connectivity index (χ0) is 12.4. The van der Waals surface area contributed by atoms with Crippen LogP contribution in [-0.2, 0) is 0 Å². The van der Waals surface area contributed by atoms with Gasteiger partial charge in [-0.25, -0.2) is 4.39 Å². The predicted molar refractivity (Wildman–Crippen MR) is 66.4 cm³/mol. The van der Waals surface area contributed by atoms with Gasteiger partial charge < -0.3 is 5.73 Å². The number of nitrogens with two attached hydrogens (primary N) is 1. The van der Waals surface area contributed by atoms with E-state index in [1.807, 2.05) is 0 Å². The molecule has 17 heavy (non-hydrogen) atoms. The first-order chi connectivity index (χ1) is 8.08. The van der Waals surface area contributed by atoms with Crippen LogP contribution in [0.4, 0.5) is 14.7 Å². The highest BCUT2D eigenvalue weighted by molar-refractivity contribution is 9.10. The fraction of sp³-hybridized carbons (Fsp3) is 0. The minimum absolute atomic E-state index is 0.0758. The van der Waals surface area contributed by atoms with Crippen molar-refractivity contribution < 1.29 is 9.18 Å². The van der Waals surface area contributed by atoms with Crippen molar-refractivity contribution in [2.45, 2.75) is 0 Å². The van der Waals surface area contributed by atoms with Gasteiger partial charge >= 0.3 is 0 Å². The summed E-state index contributed by atoms with van der Waals surface area (Å²) in [5.74, 6) is -1.22. The van der Waals surface area contributed by atoms with E-state index in [4.69, 9.17) is 5.73 Å². The topological polar surface area (TPSA) is 80.9 Å². The zero-order valence-corrected chi connectivity index (χ0v) is 10.7. The smallest absolute Gasteiger partial charge is 0.260 e. The number of rotatable bonds is 2. The Morgan fingerprint density at radius 1 is 1.47 bits per heavy atom. The van der Waals surface area contributed by atoms with Crippen molar-refractivity contribution in [1.82, 2.24) is 10.2 Å². The van der Waals surface area contributed by atoms with E-state index in [0.29, 0.717) is 0 Å². The molecule has 0 saturated heterocycles. The van der Waals surface area contributed by atoms with Crippen molar-refractivity contribution in [2.75, 3.05) is 11.1 Å². The van der Waals surface area contributed by atoms with E-state index in [0.717, 1.165) is 11.3 Å². The Morgan fingerprint density at radius 3 is 2.88 bits per heavy atom. The number of carbonyl (C=O) groups excluding carboxylic acids is 1. The summed E-state index contributed by atoms with van der Waals surface area (Å²) in [6.07, 6.45) is 0. The van der Waals surface area contributed by atoms with E-state index >= 15 is 0 Å². The fourth-order valence-electron chi connectivity index (χ4n) is 1.13. The molecular weight excluding hydrogens is 311 g/mol. The summed E-state index contributed by atoms with van der Waals surface area (Å²) in [4.78, 5) is 11.7. The number of halogens is 2. The average Bonchev–Trinajstić information content (AvgIpc) is 2.68. The number of benzene rings is 1. The lowest BCUT2D eigenvalue weighted by Gasteiger charge is -2.03. The van der Waals surface area contributed by atoms with Crippen LogP contribution >= 0.6 is 27.3 Å². The molecule has 0 aliphatic heterocycles. The molecule has 0 fully saturated rings. The number of anilines is 2. The number of nitrogen functional groups attached to an aromatic ring is 1. The van der Waals surface area contributed by atoms with Crippen LogP contribution in [0.3, 0.4) is 0 Å². The Balaban J connectivity index is 2.23. The number of amides is 1. The lowest BCUT2D eigenvalue weighted by molar-refractivity contribution is 0.102. The van der Waals surface area contributed by atoms with E-state index in [2.05, 4.69) is 31.4 Å². The number of hydrogen-bond acceptors (Lipinski definition) is 5. The van der Waals surface area contributed by atoms with E-state index in [-0.39, 0.29) is 20.3 Å². The maximum absolute atomic E-state index is 13.6. The van der Waals surface area contributed by atoms with E-state index in [1.165, 1.54) is 12.1 Å². The molecule has 2 aromatic rings. The molecule has 1 amide bonds. The summed E-state index contributed by atoms with van der Waals surface area (Å²) in [5, 5.41) is 10.0. The number of nitrogens with zero attached hydrogens (tertiary/aromatic N) is 2. The third kappa shape index (κ3) is 2.59. The Hall–Kier alpha value is -1.54. The molecule has 88 valence electrons. The van der Waals surface area contributed by atoms with Crippen molar-refractivity contribution in [2.24, 2.45) is 0 Å². The number of nitrogens with one attached hydrogen (secondary N) is 1. The van der Waals surface area contributed by atoms with Crippen LogP contribution in [0.25, 0.3) is 0 Å². The highest BCUT2D eigenvalue weighted by Gasteiger charge is 2.15. The highest BCUT2D eigenvalue weighted by Crippen LogP contribution is 2.21. The average molecular weight is 317 g/mol. The highest BCUT2D eigenvalue weighted by atomic mass is 79.9. The van der Waals surface area contributed by atoms with Crippen LogP contribution in [0.15, 0.2) is 22.7 Å². The van der Waals surface area contributed by atoms with Gasteiger partial charge in [0.1, 0.15) is 5.82 Å². The number of aromatic nitrogens is 2. The van der Waals surface area contributed by atoms with Crippen molar-refractivity contribution >= 4 is 43.4 Å². The largest absolute Gasteiger partial charge is 0.374 e. The monoisotopic (exact) mass is 316 g/mol. The summed E-state index contributed by atoms with van der Waals surface area (Å²) in [7, 11) is 0. The van der Waals surface area contributed by atoms with E-state index in [1.54, 1.807) is 6.07 Å². The van der Waals surface area contributed by atoms with Crippen molar-refractivity contribution in [3.8, 4) is 0 Å². The zero-order valence-electron chi connectivity index (χ0n) is 8.28. The molecule has 0 saturated carbocycles. The third-order valence-electron chi connectivity index (χ3n) is 1.86. The minimum atomic E-state index is -0.623. The van der Waals surface area contributed by atoms with Crippen molar-refractivity contribution in [3.63, 3.8) is 0 Å². The van der Waals surface area contributed by atoms with Gasteiger partial charge in [-0.3, -0.25) is 10.1 Å². The SMILES string of the molecule is Nc1nnc(NC(=O)c2cccc(Br)c2F)s1. The molecule has 0 aliphatic carbocycles. The fourth-order valence-corrected chi connectivity index (χ4v) is 2.00. The van der Waals surface area contributed by atoms with Gasteiger partial charge in [-0.05, 0) is 28.1 Å². The molecule has 8 heteroatoms. The molecule has 0 unspecified atom stereocenters. The van der Waals surface area contributed by atoms with Gasteiger partial charge in [0.15, 0.2) is 0 Å². The molecule has 3 N–H and O–H groups in total. The van der Waals surface area contributed by atoms with E-state index in [9.17, 15) is 9.18 Å². The third-order valence-corrected chi connectivity index (χ3v) is 3.14. The van der Waals surface area contributed by atoms with Crippen LogP contribution in [0.2, 0.25) is 0 Å². The number of hydrogen-bond donors (Lipinski definition) is 2. The maximum atomic E-state index is 13.6. The second kappa shape index (κ2) is 4.76. The summed E-state index contributed by atoms with van der Waals surface area (Å²) in [6.45, 7) is 0. The molecule has 1 aromatic heterocycles. The van der Waals surface area contributed by atoms with Gasteiger partial charge in [0.2, 0.25) is 10.3 Å². The van der Waals surface area contributed by atoms with Crippen molar-refractivity contribution in [1.29, 1.82) is 0 Å². The van der Waals surface area contributed by atoms with Gasteiger partial charge in [-0.1, -0.05) is 17.4 Å². The van der Waals surface area contributed by atoms with Gasteiger partial charge in [0.05, 0.1) is 10.0 Å². The second-order valence-electron chi connectivity index (χ2n) is 3.00. The molecule has 0 atom stereocenters. The Bertz CT molecular complexity index is 574. The standard InChI is InChI=1S/C9H6BrFN4OS/c10-5-3-1-2-4(6(5)11)7(16)13-9-15-14-8(12)17-9/h1-3H,(H2,12,14)(H,13,15,16). The summed E-state index contributed by atoms with van der Waals surface area (Å²) >= 11 is 4.01. The minimum Gasteiger partial charge on any atom is -0.374 e. The van der Waals surface area contributed by atoms with Gasteiger partial charge in [-0.15, -0.1) is 10.2 Å². The lowest BCUT2D eigenvalue weighted by atomic mass is 10.2. The first-order valence-corrected chi connectivity index (χ1v) is 6.03. The molecule has 0 aliphatic rings. The Kier molecular flexibility index (Phi) is 3.34. The summed E-state index contributed by atoms with van der Waals surface area (Å²) in [6, 6.07) is 4.45. The van der Waals surface area contributed by atoms with Crippen LogP contribution in [0.1, 0.15) is 10.4 Å². The maximum Gasteiger partial charge on any atom is 0.260 e. The van der Waals surface area contributed by atoms with Crippen LogP contribution in [-0.4, -0.2) is 16.1 Å². The molecule has 1 heterocycles. The molecule has 1 aromatic carbocycles. The Morgan fingerprint density at radius 2 is 2.24 bits per heavy atom. The lowest BCUT2D eigenvalue weighted by Crippen LogP contribution is -2.13. The summed E-state index contributed by atoms with van der Waals surface area (Å²) < 4.78 is 13.8. The van der Waals surface area contributed by atoms with Gasteiger partial charge in [0.25, 0.3) is 5.91 Å². The molecule has 0 radical (unpaired) electrons.